The molecule has 1 fully saturated rings. The molecular weight excluding hydrogens is 514 g/mol. The summed E-state index contributed by atoms with van der Waals surface area (Å²) in [6.07, 6.45) is 6.05. The zero-order valence-electron chi connectivity index (χ0n) is 21.9. The SMILES string of the molecule is COc1ccc(S(=O)(=O)N(CC(C)C)C[C@@H](O)CCN(CC2CCCC2)S(=O)(=O)c2cccnc2)cc1. The standard InChI is InChI=1S/C26H39N3O6S2/c1-21(2)18-29(36(31,32)25-12-10-24(35-3)11-13-25)20-23(30)14-16-28(19-22-7-4-5-8-22)37(33,34)26-9-6-15-27-17-26/h6,9-13,15,17,21-23,30H,4-5,7-8,14,16,18-20H2,1-3H3/t23-/m0/s1. The molecule has 1 aromatic heterocycles. The number of hydrogen-bond acceptors (Lipinski definition) is 7. The first-order valence-electron chi connectivity index (χ1n) is 12.8. The molecule has 1 saturated carbocycles. The average Bonchev–Trinajstić information content (AvgIpc) is 3.39. The summed E-state index contributed by atoms with van der Waals surface area (Å²) in [6.45, 7) is 4.39. The molecule has 0 aliphatic heterocycles. The Hall–Kier alpha value is -2.05. The molecule has 2 aromatic rings. The second kappa shape index (κ2) is 13.1. The Morgan fingerprint density at radius 3 is 2.19 bits per heavy atom. The molecule has 1 N–H and O–H groups in total. The van der Waals surface area contributed by atoms with Crippen LogP contribution in [0.5, 0.6) is 5.75 Å². The van der Waals surface area contributed by atoms with Crippen molar-refractivity contribution >= 4 is 20.0 Å². The molecular formula is C26H39N3O6S2. The van der Waals surface area contributed by atoms with Crippen molar-refractivity contribution in [2.24, 2.45) is 11.8 Å². The number of rotatable bonds is 14. The third-order valence-corrected chi connectivity index (χ3v) is 10.3. The summed E-state index contributed by atoms with van der Waals surface area (Å²) in [5.41, 5.74) is 0. The molecule has 0 radical (unpaired) electrons. The Labute approximate surface area is 221 Å². The van der Waals surface area contributed by atoms with Gasteiger partial charge in [0.15, 0.2) is 0 Å². The van der Waals surface area contributed by atoms with Crippen LogP contribution in [0.3, 0.4) is 0 Å². The lowest BCUT2D eigenvalue weighted by molar-refractivity contribution is 0.125. The van der Waals surface area contributed by atoms with Gasteiger partial charge in [0.05, 0.1) is 18.1 Å². The van der Waals surface area contributed by atoms with Crippen LogP contribution >= 0.6 is 0 Å². The summed E-state index contributed by atoms with van der Waals surface area (Å²) >= 11 is 0. The van der Waals surface area contributed by atoms with Gasteiger partial charge in [-0.05, 0) is 67.5 Å². The van der Waals surface area contributed by atoms with E-state index in [-0.39, 0.29) is 47.7 Å². The van der Waals surface area contributed by atoms with Crippen LogP contribution in [0.25, 0.3) is 0 Å². The lowest BCUT2D eigenvalue weighted by Crippen LogP contribution is -2.42. The molecule has 9 nitrogen and oxygen atoms in total. The highest BCUT2D eigenvalue weighted by molar-refractivity contribution is 7.89. The van der Waals surface area contributed by atoms with E-state index in [1.807, 2.05) is 13.8 Å². The number of sulfonamides is 2. The van der Waals surface area contributed by atoms with Gasteiger partial charge in [0, 0.05) is 38.6 Å². The molecule has 1 aliphatic carbocycles. The second-order valence-electron chi connectivity index (χ2n) is 10.0. The Morgan fingerprint density at radius 1 is 0.973 bits per heavy atom. The number of pyridine rings is 1. The van der Waals surface area contributed by atoms with Crippen molar-refractivity contribution in [2.75, 3.05) is 33.3 Å². The van der Waals surface area contributed by atoms with E-state index in [1.54, 1.807) is 18.2 Å². The largest absolute Gasteiger partial charge is 0.497 e. The van der Waals surface area contributed by atoms with Crippen molar-refractivity contribution in [1.29, 1.82) is 0 Å². The number of aromatic nitrogens is 1. The molecule has 3 rings (SSSR count). The fourth-order valence-electron chi connectivity index (χ4n) is 4.63. The van der Waals surface area contributed by atoms with E-state index in [4.69, 9.17) is 4.74 Å². The van der Waals surface area contributed by atoms with Crippen molar-refractivity contribution < 1.29 is 26.7 Å². The monoisotopic (exact) mass is 553 g/mol. The van der Waals surface area contributed by atoms with E-state index in [2.05, 4.69) is 4.98 Å². The third kappa shape index (κ3) is 7.97. The Kier molecular flexibility index (Phi) is 10.5. The van der Waals surface area contributed by atoms with E-state index >= 15 is 0 Å². The minimum absolute atomic E-state index is 0.0325. The first-order valence-corrected chi connectivity index (χ1v) is 15.6. The maximum atomic E-state index is 13.4. The number of aliphatic hydroxyl groups is 1. The van der Waals surface area contributed by atoms with Gasteiger partial charge in [0.2, 0.25) is 20.0 Å². The molecule has 0 amide bonds. The molecule has 1 aliphatic rings. The van der Waals surface area contributed by atoms with Crippen molar-refractivity contribution in [3.63, 3.8) is 0 Å². The van der Waals surface area contributed by atoms with Gasteiger partial charge in [-0.25, -0.2) is 16.8 Å². The van der Waals surface area contributed by atoms with E-state index in [9.17, 15) is 21.9 Å². The van der Waals surface area contributed by atoms with Crippen LogP contribution < -0.4 is 4.74 Å². The van der Waals surface area contributed by atoms with Gasteiger partial charge in [-0.15, -0.1) is 0 Å². The fraction of sp³-hybridized carbons (Fsp3) is 0.577. The first kappa shape index (κ1) is 29.5. The van der Waals surface area contributed by atoms with E-state index in [0.29, 0.717) is 12.3 Å². The highest BCUT2D eigenvalue weighted by Gasteiger charge is 2.31. The normalized spacial score (nSPS) is 16.1. The van der Waals surface area contributed by atoms with Crippen LogP contribution in [0.2, 0.25) is 0 Å². The Balaban J connectivity index is 1.75. The summed E-state index contributed by atoms with van der Waals surface area (Å²) in [4.78, 5) is 4.19. The zero-order chi connectivity index (χ0) is 27.1. The van der Waals surface area contributed by atoms with Crippen molar-refractivity contribution in [3.8, 4) is 5.75 Å². The van der Waals surface area contributed by atoms with Crippen LogP contribution in [0.4, 0.5) is 0 Å². The number of nitrogens with zero attached hydrogens (tertiary/aromatic N) is 3. The van der Waals surface area contributed by atoms with Gasteiger partial charge in [0.1, 0.15) is 10.6 Å². The number of benzene rings is 1. The molecule has 37 heavy (non-hydrogen) atoms. The minimum Gasteiger partial charge on any atom is -0.497 e. The second-order valence-corrected chi connectivity index (χ2v) is 13.9. The lowest BCUT2D eigenvalue weighted by Gasteiger charge is -2.29. The van der Waals surface area contributed by atoms with Crippen LogP contribution in [0, 0.1) is 11.8 Å². The van der Waals surface area contributed by atoms with E-state index in [1.165, 1.54) is 46.3 Å². The molecule has 11 heteroatoms. The van der Waals surface area contributed by atoms with Crippen LogP contribution in [-0.2, 0) is 20.0 Å². The van der Waals surface area contributed by atoms with Crippen molar-refractivity contribution in [3.05, 3.63) is 48.8 Å². The third-order valence-electron chi connectivity index (χ3n) is 6.60. The topological polar surface area (TPSA) is 117 Å². The summed E-state index contributed by atoms with van der Waals surface area (Å²) in [5, 5.41) is 10.9. The zero-order valence-corrected chi connectivity index (χ0v) is 23.5. The van der Waals surface area contributed by atoms with Crippen LogP contribution in [0.15, 0.2) is 58.6 Å². The first-order chi connectivity index (χ1) is 17.5. The molecule has 1 atom stereocenters. The van der Waals surface area contributed by atoms with Gasteiger partial charge >= 0.3 is 0 Å². The highest BCUT2D eigenvalue weighted by Crippen LogP contribution is 2.28. The number of methoxy groups -OCH3 is 1. The van der Waals surface area contributed by atoms with E-state index < -0.39 is 26.2 Å². The maximum Gasteiger partial charge on any atom is 0.244 e. The number of ether oxygens (including phenoxy) is 1. The van der Waals surface area contributed by atoms with Crippen molar-refractivity contribution in [1.82, 2.24) is 13.6 Å². The number of aliphatic hydroxyl groups excluding tert-OH is 1. The smallest absolute Gasteiger partial charge is 0.244 e. The summed E-state index contributed by atoms with van der Waals surface area (Å²) in [6, 6.07) is 9.24. The van der Waals surface area contributed by atoms with Gasteiger partial charge in [-0.1, -0.05) is 26.7 Å². The number of hydrogen-bond donors (Lipinski definition) is 1. The molecule has 0 spiro atoms. The highest BCUT2D eigenvalue weighted by atomic mass is 32.2. The Bertz CT molecular complexity index is 1180. The predicted octanol–water partition coefficient (Wildman–Crippen LogP) is 3.37. The summed E-state index contributed by atoms with van der Waals surface area (Å²) < 4.78 is 61.4. The Morgan fingerprint density at radius 2 is 1.62 bits per heavy atom. The lowest BCUT2D eigenvalue weighted by atomic mass is 10.1. The quantitative estimate of drug-likeness (QED) is 0.381. The predicted molar refractivity (Wildman–Crippen MR) is 142 cm³/mol. The molecule has 0 bridgehead atoms. The van der Waals surface area contributed by atoms with Gasteiger partial charge < -0.3 is 9.84 Å². The average molecular weight is 554 g/mol. The molecule has 0 unspecified atom stereocenters. The van der Waals surface area contributed by atoms with E-state index in [0.717, 1.165) is 25.7 Å². The van der Waals surface area contributed by atoms with Crippen molar-refractivity contribution in [2.45, 2.75) is 61.8 Å². The maximum absolute atomic E-state index is 13.4. The van der Waals surface area contributed by atoms with Crippen LogP contribution in [0.1, 0.15) is 46.0 Å². The minimum atomic E-state index is -3.87. The fourth-order valence-corrected chi connectivity index (χ4v) is 7.77. The molecule has 1 aromatic carbocycles. The molecule has 206 valence electrons. The van der Waals surface area contributed by atoms with Gasteiger partial charge in [0.25, 0.3) is 0 Å². The van der Waals surface area contributed by atoms with Crippen LogP contribution in [-0.4, -0.2) is 74.9 Å². The van der Waals surface area contributed by atoms with Gasteiger partial charge in [-0.3, -0.25) is 4.98 Å². The summed E-state index contributed by atoms with van der Waals surface area (Å²) in [7, 11) is -6.15. The molecule has 0 saturated heterocycles. The van der Waals surface area contributed by atoms with Gasteiger partial charge in [-0.2, -0.15) is 8.61 Å². The summed E-state index contributed by atoms with van der Waals surface area (Å²) in [5.74, 6) is 0.855. The molecule has 1 heterocycles.